The molecule has 0 unspecified atom stereocenters. The maximum atomic E-state index is 12.2. The number of rotatable bonds is 7. The van der Waals surface area contributed by atoms with Crippen LogP contribution >= 0.6 is 23.2 Å². The predicted molar refractivity (Wildman–Crippen MR) is 134 cm³/mol. The number of fused-ring (bicyclic) bond motifs is 3. The van der Waals surface area contributed by atoms with E-state index >= 15 is 0 Å². The summed E-state index contributed by atoms with van der Waals surface area (Å²) in [5.74, 6) is -1.96. The van der Waals surface area contributed by atoms with Crippen molar-refractivity contribution in [3.05, 3.63) is 99.6 Å². The van der Waals surface area contributed by atoms with Gasteiger partial charge in [0, 0.05) is 23.6 Å². The summed E-state index contributed by atoms with van der Waals surface area (Å²) in [6.45, 7) is 0.210. The van der Waals surface area contributed by atoms with Gasteiger partial charge in [-0.3, -0.25) is 4.79 Å². The summed E-state index contributed by atoms with van der Waals surface area (Å²) in [5, 5.41) is 14.4. The van der Waals surface area contributed by atoms with Gasteiger partial charge in [-0.25, -0.2) is 9.59 Å². The summed E-state index contributed by atoms with van der Waals surface area (Å²) >= 11 is 11.8. The van der Waals surface area contributed by atoms with Crippen LogP contribution in [0.5, 0.6) is 0 Å². The largest absolute Gasteiger partial charge is 0.478 e. The van der Waals surface area contributed by atoms with E-state index in [4.69, 9.17) is 27.9 Å². The number of carboxylic acid groups (broad SMARTS) is 1. The topological polar surface area (TPSA) is 105 Å². The summed E-state index contributed by atoms with van der Waals surface area (Å²) in [7, 11) is 0. The maximum Gasteiger partial charge on any atom is 0.407 e. The lowest BCUT2D eigenvalue weighted by molar-refractivity contribution is -0.111. The average Bonchev–Trinajstić information content (AvgIpc) is 3.15. The highest BCUT2D eigenvalue weighted by Gasteiger charge is 2.28. The predicted octanol–water partition coefficient (Wildman–Crippen LogP) is 5.73. The molecular formula is C26H20Cl2N2O5. The molecule has 9 heteroatoms. The summed E-state index contributed by atoms with van der Waals surface area (Å²) in [6.07, 6.45) is 1.94. The Labute approximate surface area is 211 Å². The SMILES string of the molecule is O=C(/C=C/CNC(=O)OCC1c2ccccc2-c2ccccc21)Nc1c(Cl)cc(Cl)cc1C(=O)O. The number of hydrogen-bond acceptors (Lipinski definition) is 4. The highest BCUT2D eigenvalue weighted by Crippen LogP contribution is 2.44. The van der Waals surface area contributed by atoms with Gasteiger partial charge in [-0.1, -0.05) is 77.8 Å². The number of anilines is 1. The fraction of sp³-hybridized carbons (Fsp3) is 0.115. The molecule has 1 aliphatic carbocycles. The van der Waals surface area contributed by atoms with Crippen LogP contribution in [0.25, 0.3) is 11.1 Å². The van der Waals surface area contributed by atoms with Gasteiger partial charge in [-0.15, -0.1) is 0 Å². The number of carbonyl (C=O) groups excluding carboxylic acids is 2. The quantitative estimate of drug-likeness (QED) is 0.352. The zero-order chi connectivity index (χ0) is 24.9. The Balaban J connectivity index is 1.29. The number of carboxylic acids is 1. The minimum absolute atomic E-state index is 0.00610. The zero-order valence-corrected chi connectivity index (χ0v) is 19.8. The van der Waals surface area contributed by atoms with Crippen molar-refractivity contribution < 1.29 is 24.2 Å². The van der Waals surface area contributed by atoms with Crippen molar-refractivity contribution in [3.63, 3.8) is 0 Å². The Bertz CT molecular complexity index is 1290. The molecule has 0 atom stereocenters. The average molecular weight is 511 g/mol. The summed E-state index contributed by atoms with van der Waals surface area (Å²) in [5.41, 5.74) is 4.19. The third-order valence-electron chi connectivity index (χ3n) is 5.51. The molecule has 4 rings (SSSR count). The van der Waals surface area contributed by atoms with Crippen LogP contribution in [0.15, 0.2) is 72.8 Å². The lowest BCUT2D eigenvalue weighted by Gasteiger charge is -2.14. The van der Waals surface area contributed by atoms with Crippen LogP contribution in [0.2, 0.25) is 10.0 Å². The van der Waals surface area contributed by atoms with Gasteiger partial charge in [0.05, 0.1) is 16.3 Å². The molecule has 0 spiro atoms. The minimum atomic E-state index is -1.29. The second kappa shape index (κ2) is 10.6. The summed E-state index contributed by atoms with van der Waals surface area (Å²) in [4.78, 5) is 35.8. The van der Waals surface area contributed by atoms with E-state index in [0.717, 1.165) is 28.3 Å². The maximum absolute atomic E-state index is 12.2. The fourth-order valence-electron chi connectivity index (χ4n) is 3.99. The lowest BCUT2D eigenvalue weighted by atomic mass is 9.98. The molecule has 0 fully saturated rings. The van der Waals surface area contributed by atoms with E-state index in [0.29, 0.717) is 0 Å². The first-order valence-corrected chi connectivity index (χ1v) is 11.4. The van der Waals surface area contributed by atoms with Crippen molar-refractivity contribution in [2.24, 2.45) is 0 Å². The van der Waals surface area contributed by atoms with E-state index in [1.165, 1.54) is 18.2 Å². The standard InChI is InChI=1S/C26H20Cl2N2O5/c27-15-12-20(25(32)33)24(22(28)13-15)30-23(31)10-5-11-29-26(34)35-14-21-18-8-3-1-6-16(18)17-7-2-4-9-19(17)21/h1-10,12-13,21H,11,14H2,(H,29,34)(H,30,31)(H,32,33)/b10-5+. The first-order chi connectivity index (χ1) is 16.8. The van der Waals surface area contributed by atoms with Crippen LogP contribution < -0.4 is 10.6 Å². The monoisotopic (exact) mass is 510 g/mol. The fourth-order valence-corrected chi connectivity index (χ4v) is 4.53. The molecule has 0 heterocycles. The van der Waals surface area contributed by atoms with E-state index < -0.39 is 18.0 Å². The number of nitrogens with one attached hydrogen (secondary N) is 2. The zero-order valence-electron chi connectivity index (χ0n) is 18.3. The third kappa shape index (κ3) is 5.48. The van der Waals surface area contributed by atoms with E-state index in [1.54, 1.807) is 0 Å². The van der Waals surface area contributed by atoms with Crippen molar-refractivity contribution in [2.45, 2.75) is 5.92 Å². The van der Waals surface area contributed by atoms with Gasteiger partial charge >= 0.3 is 12.1 Å². The lowest BCUT2D eigenvalue weighted by Crippen LogP contribution is -2.26. The Morgan fingerprint density at radius 3 is 2.23 bits per heavy atom. The van der Waals surface area contributed by atoms with E-state index in [2.05, 4.69) is 22.8 Å². The number of amides is 2. The molecular weight excluding hydrogens is 491 g/mol. The first kappa shape index (κ1) is 24.3. The molecule has 178 valence electrons. The molecule has 7 nitrogen and oxygen atoms in total. The number of benzene rings is 3. The Morgan fingerprint density at radius 1 is 0.971 bits per heavy atom. The van der Waals surface area contributed by atoms with Crippen LogP contribution in [0.3, 0.4) is 0 Å². The Kier molecular flexibility index (Phi) is 7.39. The van der Waals surface area contributed by atoms with Crippen molar-refractivity contribution in [1.29, 1.82) is 0 Å². The van der Waals surface area contributed by atoms with Gasteiger partial charge in [0.25, 0.3) is 0 Å². The molecule has 3 N–H and O–H groups in total. The van der Waals surface area contributed by atoms with Crippen LogP contribution in [0.1, 0.15) is 27.4 Å². The number of alkyl carbamates (subject to hydrolysis) is 1. The van der Waals surface area contributed by atoms with Gasteiger partial charge in [-0.05, 0) is 34.4 Å². The van der Waals surface area contributed by atoms with E-state index in [-0.39, 0.29) is 40.4 Å². The van der Waals surface area contributed by atoms with Crippen molar-refractivity contribution >= 4 is 46.9 Å². The molecule has 0 aliphatic heterocycles. The number of carbonyl (C=O) groups is 3. The molecule has 0 aromatic heterocycles. The summed E-state index contributed by atoms with van der Waals surface area (Å²) in [6, 6.07) is 18.6. The number of halogens is 2. The van der Waals surface area contributed by atoms with Crippen molar-refractivity contribution in [1.82, 2.24) is 5.32 Å². The molecule has 3 aromatic carbocycles. The molecule has 0 radical (unpaired) electrons. The van der Waals surface area contributed by atoms with Gasteiger partial charge in [0.1, 0.15) is 6.61 Å². The number of ether oxygens (including phenoxy) is 1. The van der Waals surface area contributed by atoms with Crippen LogP contribution in [-0.4, -0.2) is 36.2 Å². The van der Waals surface area contributed by atoms with Crippen LogP contribution in [-0.2, 0) is 9.53 Å². The Morgan fingerprint density at radius 2 is 1.60 bits per heavy atom. The second-order valence-electron chi connectivity index (χ2n) is 7.71. The van der Waals surface area contributed by atoms with Crippen molar-refractivity contribution in [3.8, 4) is 11.1 Å². The van der Waals surface area contributed by atoms with Crippen molar-refractivity contribution in [2.75, 3.05) is 18.5 Å². The van der Waals surface area contributed by atoms with Crippen LogP contribution in [0, 0.1) is 0 Å². The van der Waals surface area contributed by atoms with E-state index in [9.17, 15) is 19.5 Å². The summed E-state index contributed by atoms with van der Waals surface area (Å²) < 4.78 is 5.43. The molecule has 0 saturated carbocycles. The molecule has 0 saturated heterocycles. The molecule has 2 amide bonds. The first-order valence-electron chi connectivity index (χ1n) is 10.6. The van der Waals surface area contributed by atoms with E-state index in [1.807, 2.05) is 36.4 Å². The third-order valence-corrected chi connectivity index (χ3v) is 6.03. The second-order valence-corrected chi connectivity index (χ2v) is 8.56. The van der Waals surface area contributed by atoms with Gasteiger partial charge in [0.15, 0.2) is 0 Å². The number of hydrogen-bond donors (Lipinski definition) is 3. The smallest absolute Gasteiger partial charge is 0.407 e. The van der Waals surface area contributed by atoms with Gasteiger partial charge in [-0.2, -0.15) is 0 Å². The van der Waals surface area contributed by atoms with Gasteiger partial charge < -0.3 is 20.5 Å². The molecule has 3 aromatic rings. The van der Waals surface area contributed by atoms with Crippen LogP contribution in [0.4, 0.5) is 10.5 Å². The normalized spacial score (nSPS) is 12.2. The molecule has 0 bridgehead atoms. The number of aromatic carboxylic acids is 1. The minimum Gasteiger partial charge on any atom is -0.478 e. The highest BCUT2D eigenvalue weighted by atomic mass is 35.5. The molecule has 1 aliphatic rings. The Hall–Kier alpha value is -3.81. The highest BCUT2D eigenvalue weighted by molar-refractivity contribution is 6.38. The van der Waals surface area contributed by atoms with Gasteiger partial charge in [0.2, 0.25) is 5.91 Å². The molecule has 35 heavy (non-hydrogen) atoms.